The minimum atomic E-state index is -0.468. The van der Waals surface area contributed by atoms with Gasteiger partial charge in [-0.3, -0.25) is 0 Å². The molecule has 0 radical (unpaired) electrons. The number of nitrogens with one attached hydrogen (secondary N) is 2. The smallest absolute Gasteiger partial charge is 0.407 e. The molecule has 0 saturated carbocycles. The van der Waals surface area contributed by atoms with Crippen molar-refractivity contribution in [1.82, 2.24) is 10.6 Å². The van der Waals surface area contributed by atoms with Gasteiger partial charge < -0.3 is 19.8 Å². The molecule has 0 aliphatic rings. The van der Waals surface area contributed by atoms with Crippen LogP contribution in [0.5, 0.6) is 0 Å². The second-order valence-corrected chi connectivity index (χ2v) is 6.64. The van der Waals surface area contributed by atoms with Crippen LogP contribution >= 0.6 is 22.6 Å². The number of halogens is 1. The lowest BCUT2D eigenvalue weighted by atomic mass is 10.2. The van der Waals surface area contributed by atoms with Crippen LogP contribution in [0.4, 0.5) is 4.79 Å². The Morgan fingerprint density at radius 2 is 2.15 bits per heavy atom. The van der Waals surface area contributed by atoms with Crippen molar-refractivity contribution in [3.63, 3.8) is 0 Å². The fourth-order valence-corrected chi connectivity index (χ4v) is 2.04. The van der Waals surface area contributed by atoms with Crippen LogP contribution < -0.4 is 10.6 Å². The third kappa shape index (κ3) is 7.14. The van der Waals surface area contributed by atoms with Gasteiger partial charge in [0.25, 0.3) is 0 Å². The standard InChI is InChI=1S/C14H23IN2O3/c1-5-10(8-17-13(18)20-14(2,3)4)16-9-11-6-7-12(15)19-11/h6-7,10,16H,5,8-9H2,1-4H3,(H,17,18). The number of alkyl carbamates (subject to hydrolysis) is 1. The summed E-state index contributed by atoms with van der Waals surface area (Å²) in [5.41, 5.74) is -0.468. The molecule has 1 aromatic rings. The maximum atomic E-state index is 11.6. The summed E-state index contributed by atoms with van der Waals surface area (Å²) in [6.07, 6.45) is 0.526. The van der Waals surface area contributed by atoms with E-state index in [1.54, 1.807) is 0 Å². The summed E-state index contributed by atoms with van der Waals surface area (Å²) in [5, 5.41) is 6.13. The van der Waals surface area contributed by atoms with E-state index in [1.807, 2.05) is 32.9 Å². The van der Waals surface area contributed by atoms with Crippen molar-refractivity contribution in [3.8, 4) is 0 Å². The van der Waals surface area contributed by atoms with Crippen molar-refractivity contribution in [2.24, 2.45) is 0 Å². The Morgan fingerprint density at radius 1 is 1.45 bits per heavy atom. The average Bonchev–Trinajstić information content (AvgIpc) is 2.73. The molecule has 0 fully saturated rings. The highest BCUT2D eigenvalue weighted by molar-refractivity contribution is 14.1. The van der Waals surface area contributed by atoms with E-state index in [-0.39, 0.29) is 12.1 Å². The average molecular weight is 394 g/mol. The van der Waals surface area contributed by atoms with Gasteiger partial charge in [0.15, 0.2) is 3.77 Å². The first-order chi connectivity index (χ1) is 9.30. The molecule has 2 N–H and O–H groups in total. The normalized spacial score (nSPS) is 13.1. The van der Waals surface area contributed by atoms with E-state index < -0.39 is 5.60 Å². The zero-order chi connectivity index (χ0) is 15.2. The van der Waals surface area contributed by atoms with E-state index in [9.17, 15) is 4.79 Å². The lowest BCUT2D eigenvalue weighted by Crippen LogP contribution is -2.42. The molecule has 0 bridgehead atoms. The molecule has 5 nitrogen and oxygen atoms in total. The van der Waals surface area contributed by atoms with Crippen molar-refractivity contribution >= 4 is 28.7 Å². The van der Waals surface area contributed by atoms with Gasteiger partial charge in [0.05, 0.1) is 6.54 Å². The van der Waals surface area contributed by atoms with Crippen LogP contribution in [0.25, 0.3) is 0 Å². The van der Waals surface area contributed by atoms with E-state index in [1.165, 1.54) is 0 Å². The quantitative estimate of drug-likeness (QED) is 0.727. The lowest BCUT2D eigenvalue weighted by molar-refractivity contribution is 0.0522. The van der Waals surface area contributed by atoms with Gasteiger partial charge in [-0.25, -0.2) is 4.79 Å². The third-order valence-corrected chi connectivity index (χ3v) is 3.16. The molecule has 114 valence electrons. The Labute approximate surface area is 134 Å². The minimum Gasteiger partial charge on any atom is -0.454 e. The SMILES string of the molecule is CCC(CNC(=O)OC(C)(C)C)NCc1ccc(I)o1. The van der Waals surface area contributed by atoms with E-state index in [4.69, 9.17) is 9.15 Å². The number of hydrogen-bond acceptors (Lipinski definition) is 4. The molecule has 6 heteroatoms. The van der Waals surface area contributed by atoms with Crippen LogP contribution in [0.1, 0.15) is 39.9 Å². The van der Waals surface area contributed by atoms with Crippen LogP contribution in [0.15, 0.2) is 16.5 Å². The molecule has 20 heavy (non-hydrogen) atoms. The van der Waals surface area contributed by atoms with Gasteiger partial charge in [-0.2, -0.15) is 0 Å². The van der Waals surface area contributed by atoms with Gasteiger partial charge in [0.1, 0.15) is 11.4 Å². The molecular weight excluding hydrogens is 371 g/mol. The molecule has 1 aromatic heterocycles. The fourth-order valence-electron chi connectivity index (χ4n) is 1.57. The van der Waals surface area contributed by atoms with Crippen LogP contribution in [0, 0.1) is 3.77 Å². The number of rotatable bonds is 6. The van der Waals surface area contributed by atoms with Crippen molar-refractivity contribution in [1.29, 1.82) is 0 Å². The molecule has 1 amide bonds. The summed E-state index contributed by atoms with van der Waals surface area (Å²) in [6.45, 7) is 8.79. The maximum absolute atomic E-state index is 11.6. The Hall–Kier alpha value is -0.760. The van der Waals surface area contributed by atoms with Crippen molar-refractivity contribution in [3.05, 3.63) is 21.7 Å². The number of carbonyl (C=O) groups excluding carboxylic acids is 1. The van der Waals surface area contributed by atoms with Crippen LogP contribution in [0.2, 0.25) is 0 Å². The zero-order valence-electron chi connectivity index (χ0n) is 12.5. The number of amides is 1. The first-order valence-electron chi connectivity index (χ1n) is 6.74. The summed E-state index contributed by atoms with van der Waals surface area (Å²) in [7, 11) is 0. The predicted molar refractivity (Wildman–Crippen MR) is 86.6 cm³/mol. The topological polar surface area (TPSA) is 63.5 Å². The third-order valence-electron chi connectivity index (χ3n) is 2.58. The van der Waals surface area contributed by atoms with E-state index in [0.29, 0.717) is 13.1 Å². The van der Waals surface area contributed by atoms with E-state index >= 15 is 0 Å². The number of hydrogen-bond donors (Lipinski definition) is 2. The molecule has 1 heterocycles. The Balaban J connectivity index is 2.30. The number of ether oxygens (including phenoxy) is 1. The second kappa shape index (κ2) is 7.87. The number of carbonyl (C=O) groups is 1. The maximum Gasteiger partial charge on any atom is 0.407 e. The van der Waals surface area contributed by atoms with Gasteiger partial charge in [0.2, 0.25) is 0 Å². The van der Waals surface area contributed by atoms with E-state index in [2.05, 4.69) is 40.1 Å². The Bertz CT molecular complexity index is 426. The molecule has 0 aliphatic heterocycles. The van der Waals surface area contributed by atoms with Gasteiger partial charge in [-0.15, -0.1) is 0 Å². The Kier molecular flexibility index (Phi) is 6.81. The summed E-state index contributed by atoms with van der Waals surface area (Å²) >= 11 is 2.14. The van der Waals surface area contributed by atoms with Gasteiger partial charge in [-0.05, 0) is 61.9 Å². The molecule has 1 rings (SSSR count). The van der Waals surface area contributed by atoms with Gasteiger partial charge >= 0.3 is 6.09 Å². The van der Waals surface area contributed by atoms with Gasteiger partial charge in [0, 0.05) is 12.6 Å². The number of furan rings is 1. The predicted octanol–water partition coefficient (Wildman–Crippen LogP) is 3.28. The second-order valence-electron chi connectivity index (χ2n) is 5.57. The van der Waals surface area contributed by atoms with Crippen LogP contribution in [-0.4, -0.2) is 24.3 Å². The largest absolute Gasteiger partial charge is 0.454 e. The molecule has 0 aromatic carbocycles. The monoisotopic (exact) mass is 394 g/mol. The fraction of sp³-hybridized carbons (Fsp3) is 0.643. The minimum absolute atomic E-state index is 0.185. The summed E-state index contributed by atoms with van der Waals surface area (Å²) < 4.78 is 11.6. The Morgan fingerprint density at radius 3 is 2.65 bits per heavy atom. The summed E-state index contributed by atoms with van der Waals surface area (Å²) in [6, 6.07) is 4.06. The lowest BCUT2D eigenvalue weighted by Gasteiger charge is -2.22. The van der Waals surface area contributed by atoms with Crippen molar-refractivity contribution < 1.29 is 13.9 Å². The van der Waals surface area contributed by atoms with Crippen LogP contribution in [-0.2, 0) is 11.3 Å². The summed E-state index contributed by atoms with van der Waals surface area (Å²) in [4.78, 5) is 11.6. The molecule has 1 unspecified atom stereocenters. The van der Waals surface area contributed by atoms with Crippen molar-refractivity contribution in [2.45, 2.75) is 52.3 Å². The van der Waals surface area contributed by atoms with E-state index in [0.717, 1.165) is 15.9 Å². The molecule has 0 spiro atoms. The summed E-state index contributed by atoms with van der Waals surface area (Å²) in [5.74, 6) is 0.894. The van der Waals surface area contributed by atoms with Crippen LogP contribution in [0.3, 0.4) is 0 Å². The van der Waals surface area contributed by atoms with Crippen molar-refractivity contribution in [2.75, 3.05) is 6.54 Å². The molecule has 0 aliphatic carbocycles. The molecule has 0 saturated heterocycles. The zero-order valence-corrected chi connectivity index (χ0v) is 14.6. The first kappa shape index (κ1) is 17.3. The highest BCUT2D eigenvalue weighted by Gasteiger charge is 2.17. The first-order valence-corrected chi connectivity index (χ1v) is 7.82. The van der Waals surface area contributed by atoms with Gasteiger partial charge in [-0.1, -0.05) is 6.92 Å². The highest BCUT2D eigenvalue weighted by atomic mass is 127. The highest BCUT2D eigenvalue weighted by Crippen LogP contribution is 2.10. The molecular formula is C14H23IN2O3. The molecule has 1 atom stereocenters.